The maximum atomic E-state index is 10.8. The molecule has 0 unspecified atom stereocenters. The molecule has 0 bridgehead atoms. The molecule has 2 aromatic rings. The molecule has 92 valence electrons. The van der Waals surface area contributed by atoms with Crippen LogP contribution in [0.5, 0.6) is 5.88 Å². The highest BCUT2D eigenvalue weighted by molar-refractivity contribution is 5.85. The number of nitrogens with zero attached hydrogens (tertiary/aromatic N) is 3. The molecule has 1 aliphatic heterocycles. The van der Waals surface area contributed by atoms with Crippen molar-refractivity contribution >= 4 is 16.6 Å². The second-order valence-electron chi connectivity index (χ2n) is 4.04. The zero-order valence-electron chi connectivity index (χ0n) is 9.37. The van der Waals surface area contributed by atoms with Crippen LogP contribution in [0.25, 0.3) is 10.9 Å². The van der Waals surface area contributed by atoms with E-state index < -0.39 is 4.92 Å². The Kier molecular flexibility index (Phi) is 2.52. The molecule has 3 rings (SSSR count). The summed E-state index contributed by atoms with van der Waals surface area (Å²) < 4.78 is 5.66. The summed E-state index contributed by atoms with van der Waals surface area (Å²) >= 11 is 0. The predicted octanol–water partition coefficient (Wildman–Crippen LogP) is 0.889. The van der Waals surface area contributed by atoms with Gasteiger partial charge in [-0.2, -0.15) is 0 Å². The average molecular weight is 246 g/mol. The molecule has 1 fully saturated rings. The first-order valence-electron chi connectivity index (χ1n) is 5.50. The Morgan fingerprint density at radius 3 is 2.89 bits per heavy atom. The lowest BCUT2D eigenvalue weighted by molar-refractivity contribution is -0.384. The van der Waals surface area contributed by atoms with E-state index in [1.54, 1.807) is 6.07 Å². The van der Waals surface area contributed by atoms with Gasteiger partial charge in [0.2, 0.25) is 5.88 Å². The Labute approximate surface area is 102 Å². The second-order valence-corrected chi connectivity index (χ2v) is 4.04. The van der Waals surface area contributed by atoms with Gasteiger partial charge in [0.15, 0.2) is 0 Å². The minimum Gasteiger partial charge on any atom is -0.471 e. The minimum absolute atomic E-state index is 0.00823. The Hall–Kier alpha value is -2.28. The van der Waals surface area contributed by atoms with Crippen LogP contribution >= 0.6 is 0 Å². The largest absolute Gasteiger partial charge is 0.471 e. The van der Waals surface area contributed by atoms with Crippen LogP contribution in [-0.2, 0) is 0 Å². The summed E-state index contributed by atoms with van der Waals surface area (Å²) in [4.78, 5) is 18.4. The topological polar surface area (TPSA) is 90.2 Å². The van der Waals surface area contributed by atoms with Gasteiger partial charge < -0.3 is 10.1 Å². The number of benzene rings is 1. The maximum Gasteiger partial charge on any atom is 0.270 e. The van der Waals surface area contributed by atoms with Crippen LogP contribution in [0.1, 0.15) is 0 Å². The Bertz CT molecular complexity index is 612. The van der Waals surface area contributed by atoms with Gasteiger partial charge in [-0.05, 0) is 6.07 Å². The molecule has 2 heterocycles. The van der Waals surface area contributed by atoms with Crippen molar-refractivity contribution in [2.75, 3.05) is 13.1 Å². The van der Waals surface area contributed by atoms with E-state index in [9.17, 15) is 10.1 Å². The molecule has 0 atom stereocenters. The van der Waals surface area contributed by atoms with Crippen molar-refractivity contribution in [1.29, 1.82) is 0 Å². The van der Waals surface area contributed by atoms with E-state index in [0.29, 0.717) is 16.8 Å². The third-order valence-electron chi connectivity index (χ3n) is 2.82. The maximum absolute atomic E-state index is 10.8. The minimum atomic E-state index is -0.443. The lowest BCUT2D eigenvalue weighted by Gasteiger charge is -2.27. The second kappa shape index (κ2) is 4.19. The van der Waals surface area contributed by atoms with Gasteiger partial charge in [-0.3, -0.25) is 10.1 Å². The molecule has 1 aromatic heterocycles. The zero-order chi connectivity index (χ0) is 12.5. The summed E-state index contributed by atoms with van der Waals surface area (Å²) in [5.41, 5.74) is 0.645. The SMILES string of the molecule is O=[N+]([O-])c1ccc2ncnc(OC3CNC3)c2c1. The van der Waals surface area contributed by atoms with E-state index in [4.69, 9.17) is 4.74 Å². The number of nitrogens with one attached hydrogen (secondary N) is 1. The van der Waals surface area contributed by atoms with E-state index >= 15 is 0 Å². The summed E-state index contributed by atoms with van der Waals surface area (Å²) in [6.07, 6.45) is 1.47. The quantitative estimate of drug-likeness (QED) is 0.638. The number of hydrogen-bond donors (Lipinski definition) is 1. The molecule has 0 amide bonds. The van der Waals surface area contributed by atoms with E-state index in [1.807, 2.05) is 0 Å². The van der Waals surface area contributed by atoms with E-state index in [0.717, 1.165) is 13.1 Å². The van der Waals surface area contributed by atoms with Gasteiger partial charge in [-0.1, -0.05) is 0 Å². The first kappa shape index (κ1) is 10.8. The first-order chi connectivity index (χ1) is 8.74. The predicted molar refractivity (Wildman–Crippen MR) is 63.5 cm³/mol. The standard InChI is InChI=1S/C11H10N4O3/c16-15(17)7-1-2-10-9(3-7)11(14-6-13-10)18-8-4-12-5-8/h1-3,6,8,12H,4-5H2. The molecule has 1 aliphatic rings. The van der Waals surface area contributed by atoms with E-state index in [-0.39, 0.29) is 11.8 Å². The fourth-order valence-electron chi connectivity index (χ4n) is 1.73. The van der Waals surface area contributed by atoms with Crippen LogP contribution in [0, 0.1) is 10.1 Å². The van der Waals surface area contributed by atoms with Crippen molar-refractivity contribution in [2.45, 2.75) is 6.10 Å². The Balaban J connectivity index is 2.05. The van der Waals surface area contributed by atoms with Gasteiger partial charge in [-0.15, -0.1) is 0 Å². The lowest BCUT2D eigenvalue weighted by Crippen LogP contribution is -2.50. The molecule has 1 saturated heterocycles. The summed E-state index contributed by atoms with van der Waals surface area (Å²) in [5.74, 6) is 0.398. The summed E-state index contributed by atoms with van der Waals surface area (Å²) in [5, 5.41) is 14.4. The summed E-state index contributed by atoms with van der Waals surface area (Å²) in [6, 6.07) is 4.46. The lowest BCUT2D eigenvalue weighted by atomic mass is 10.2. The molecule has 7 nitrogen and oxygen atoms in total. The van der Waals surface area contributed by atoms with Crippen molar-refractivity contribution in [1.82, 2.24) is 15.3 Å². The van der Waals surface area contributed by atoms with Gasteiger partial charge in [0.25, 0.3) is 5.69 Å². The number of non-ortho nitro benzene ring substituents is 1. The molecule has 0 saturated carbocycles. The third-order valence-corrected chi connectivity index (χ3v) is 2.82. The molecular weight excluding hydrogens is 236 g/mol. The fourth-order valence-corrected chi connectivity index (χ4v) is 1.73. The number of nitro benzene ring substituents is 1. The Morgan fingerprint density at radius 2 is 2.22 bits per heavy atom. The van der Waals surface area contributed by atoms with Crippen LogP contribution in [-0.4, -0.2) is 34.1 Å². The van der Waals surface area contributed by atoms with Crippen LogP contribution in [0.3, 0.4) is 0 Å². The Morgan fingerprint density at radius 1 is 1.39 bits per heavy atom. The molecule has 7 heteroatoms. The number of fused-ring (bicyclic) bond motifs is 1. The number of hydrogen-bond acceptors (Lipinski definition) is 6. The molecule has 0 radical (unpaired) electrons. The normalized spacial score (nSPS) is 15.3. The fraction of sp³-hybridized carbons (Fsp3) is 0.273. The molecule has 18 heavy (non-hydrogen) atoms. The van der Waals surface area contributed by atoms with Gasteiger partial charge in [0.05, 0.1) is 15.8 Å². The summed E-state index contributed by atoms with van der Waals surface area (Å²) in [7, 11) is 0. The smallest absolute Gasteiger partial charge is 0.270 e. The van der Waals surface area contributed by atoms with Gasteiger partial charge in [0, 0.05) is 25.2 Å². The number of aromatic nitrogens is 2. The molecule has 1 N–H and O–H groups in total. The van der Waals surface area contributed by atoms with Crippen LogP contribution in [0.4, 0.5) is 5.69 Å². The van der Waals surface area contributed by atoms with Crippen LogP contribution in [0.15, 0.2) is 24.5 Å². The zero-order valence-corrected chi connectivity index (χ0v) is 9.37. The van der Waals surface area contributed by atoms with Gasteiger partial charge in [-0.25, -0.2) is 9.97 Å². The van der Waals surface area contributed by atoms with Crippen molar-refractivity contribution in [3.8, 4) is 5.88 Å². The van der Waals surface area contributed by atoms with E-state index in [1.165, 1.54) is 18.5 Å². The number of ether oxygens (including phenoxy) is 1. The average Bonchev–Trinajstić information content (AvgIpc) is 2.33. The number of rotatable bonds is 3. The monoisotopic (exact) mass is 246 g/mol. The third kappa shape index (κ3) is 1.84. The highest BCUT2D eigenvalue weighted by atomic mass is 16.6. The van der Waals surface area contributed by atoms with Crippen LogP contribution < -0.4 is 10.1 Å². The van der Waals surface area contributed by atoms with Gasteiger partial charge >= 0.3 is 0 Å². The highest BCUT2D eigenvalue weighted by Gasteiger charge is 2.20. The first-order valence-corrected chi connectivity index (χ1v) is 5.50. The van der Waals surface area contributed by atoms with Crippen molar-refractivity contribution in [3.05, 3.63) is 34.6 Å². The van der Waals surface area contributed by atoms with Crippen molar-refractivity contribution < 1.29 is 9.66 Å². The van der Waals surface area contributed by atoms with Crippen molar-refractivity contribution in [3.63, 3.8) is 0 Å². The molecular formula is C11H10N4O3. The van der Waals surface area contributed by atoms with Crippen LogP contribution in [0.2, 0.25) is 0 Å². The van der Waals surface area contributed by atoms with Crippen molar-refractivity contribution in [2.24, 2.45) is 0 Å². The number of nitro groups is 1. The summed E-state index contributed by atoms with van der Waals surface area (Å²) in [6.45, 7) is 1.53. The van der Waals surface area contributed by atoms with Gasteiger partial charge in [0.1, 0.15) is 12.4 Å². The molecule has 0 aliphatic carbocycles. The molecule has 1 aromatic carbocycles. The van der Waals surface area contributed by atoms with E-state index in [2.05, 4.69) is 15.3 Å². The highest BCUT2D eigenvalue weighted by Crippen LogP contribution is 2.26. The molecule has 0 spiro atoms.